The highest BCUT2D eigenvalue weighted by atomic mass is 79.9. The van der Waals surface area contributed by atoms with Crippen molar-refractivity contribution in [2.24, 2.45) is 0 Å². The van der Waals surface area contributed by atoms with Crippen molar-refractivity contribution in [3.8, 4) is 0 Å². The van der Waals surface area contributed by atoms with Gasteiger partial charge in [-0.25, -0.2) is 9.37 Å². The van der Waals surface area contributed by atoms with Crippen LogP contribution in [0.4, 0.5) is 23.2 Å². The van der Waals surface area contributed by atoms with E-state index in [9.17, 15) is 22.4 Å². The molecule has 3 aromatic rings. The molecule has 0 atom stereocenters. The lowest BCUT2D eigenvalue weighted by atomic mass is 9.90. The number of rotatable bonds is 6. The molecule has 1 saturated carbocycles. The van der Waals surface area contributed by atoms with Crippen LogP contribution in [0.1, 0.15) is 43.4 Å². The van der Waals surface area contributed by atoms with Gasteiger partial charge in [0.15, 0.2) is 0 Å². The molecule has 35 heavy (non-hydrogen) atoms. The fourth-order valence-corrected chi connectivity index (χ4v) is 4.93. The zero-order valence-electron chi connectivity index (χ0n) is 18.6. The monoisotopic (exact) mass is 571 g/mol. The van der Waals surface area contributed by atoms with Crippen LogP contribution in [-0.2, 0) is 17.4 Å². The van der Waals surface area contributed by atoms with Gasteiger partial charge in [0.25, 0.3) is 0 Å². The maximum atomic E-state index is 13.9. The van der Waals surface area contributed by atoms with Crippen LogP contribution in [0.5, 0.6) is 0 Å². The summed E-state index contributed by atoms with van der Waals surface area (Å²) in [6, 6.07) is 10.2. The lowest BCUT2D eigenvalue weighted by molar-refractivity contribution is -0.140. The number of nitrogens with one attached hydrogen (secondary N) is 2. The van der Waals surface area contributed by atoms with Gasteiger partial charge in [-0.15, -0.1) is 0 Å². The number of alkyl halides is 3. The molecule has 0 saturated heterocycles. The predicted octanol–water partition coefficient (Wildman–Crippen LogP) is 7.28. The molecule has 2 N–H and O–H groups in total. The van der Waals surface area contributed by atoms with Crippen LogP contribution >= 0.6 is 27.5 Å². The Bertz CT molecular complexity index is 1230. The lowest BCUT2D eigenvalue weighted by Gasteiger charge is -2.31. The van der Waals surface area contributed by atoms with E-state index in [0.717, 1.165) is 10.5 Å². The summed E-state index contributed by atoms with van der Waals surface area (Å²) in [4.78, 5) is 16.1. The Morgan fingerprint density at radius 1 is 1.06 bits per heavy atom. The first-order valence-electron chi connectivity index (χ1n) is 11.3. The zero-order valence-corrected chi connectivity index (χ0v) is 20.9. The number of benzene rings is 2. The minimum Gasteiger partial charge on any atom is -0.382 e. The maximum absolute atomic E-state index is 13.9. The van der Waals surface area contributed by atoms with Gasteiger partial charge < -0.3 is 10.6 Å². The number of aromatic nitrogens is 1. The van der Waals surface area contributed by atoms with Crippen LogP contribution in [0, 0.1) is 5.82 Å². The maximum Gasteiger partial charge on any atom is 0.433 e. The molecule has 10 heteroatoms. The molecule has 0 bridgehead atoms. The number of aryl methyl sites for hydroxylation is 1. The van der Waals surface area contributed by atoms with Crippen molar-refractivity contribution >= 4 is 50.0 Å². The van der Waals surface area contributed by atoms with Crippen molar-refractivity contribution in [3.05, 3.63) is 69.0 Å². The molecule has 0 radical (unpaired) electrons. The van der Waals surface area contributed by atoms with Crippen LogP contribution in [-0.4, -0.2) is 23.0 Å². The van der Waals surface area contributed by atoms with E-state index in [1.165, 1.54) is 18.2 Å². The molecule has 1 aromatic heterocycles. The summed E-state index contributed by atoms with van der Waals surface area (Å²) in [6.45, 7) is 0. The van der Waals surface area contributed by atoms with Gasteiger partial charge in [-0.05, 0) is 80.1 Å². The largest absolute Gasteiger partial charge is 0.433 e. The second-order valence-corrected chi connectivity index (χ2v) is 10.1. The second kappa shape index (κ2) is 10.7. The Hall–Kier alpha value is -2.39. The summed E-state index contributed by atoms with van der Waals surface area (Å²) in [5.74, 6) is -0.489. The van der Waals surface area contributed by atoms with Gasteiger partial charge in [-0.3, -0.25) is 4.79 Å². The Labute approximate surface area is 213 Å². The van der Waals surface area contributed by atoms with Crippen molar-refractivity contribution in [1.82, 2.24) is 10.3 Å². The van der Waals surface area contributed by atoms with Crippen LogP contribution in [0.2, 0.25) is 5.02 Å². The summed E-state index contributed by atoms with van der Waals surface area (Å²) < 4.78 is 54.7. The topological polar surface area (TPSA) is 54.0 Å². The Balaban J connectivity index is 1.35. The molecule has 1 fully saturated rings. The number of pyridine rings is 1. The van der Waals surface area contributed by atoms with E-state index in [1.807, 2.05) is 0 Å². The molecule has 1 aliphatic rings. The minimum atomic E-state index is -4.56. The number of fused-ring (bicyclic) bond motifs is 1. The van der Waals surface area contributed by atoms with Crippen molar-refractivity contribution in [1.29, 1.82) is 0 Å². The first-order chi connectivity index (χ1) is 16.6. The summed E-state index contributed by atoms with van der Waals surface area (Å²) in [5, 5.41) is 7.18. The third-order valence-corrected chi connectivity index (χ3v) is 6.87. The van der Waals surface area contributed by atoms with E-state index in [0.29, 0.717) is 53.8 Å². The second-order valence-electron chi connectivity index (χ2n) is 8.71. The number of carbonyl (C=O) groups is 1. The van der Waals surface area contributed by atoms with E-state index in [4.69, 9.17) is 11.6 Å². The molecule has 1 amide bonds. The number of nitrogens with zero attached hydrogens (tertiary/aromatic N) is 1. The quantitative estimate of drug-likeness (QED) is 0.305. The summed E-state index contributed by atoms with van der Waals surface area (Å²) >= 11 is 9.37. The molecule has 0 spiro atoms. The molecular formula is C25H23BrClF4N3O. The zero-order chi connectivity index (χ0) is 25.2. The Morgan fingerprint density at radius 3 is 2.49 bits per heavy atom. The van der Waals surface area contributed by atoms with Crippen LogP contribution in [0.3, 0.4) is 0 Å². The Morgan fingerprint density at radius 2 is 1.77 bits per heavy atom. The number of hydrogen-bond donors (Lipinski definition) is 2. The first-order valence-corrected chi connectivity index (χ1v) is 12.4. The minimum absolute atomic E-state index is 0.0257. The number of carbonyl (C=O) groups excluding carboxylic acids is 1. The summed E-state index contributed by atoms with van der Waals surface area (Å²) in [6.07, 6.45) is -1.36. The van der Waals surface area contributed by atoms with E-state index in [1.54, 1.807) is 18.2 Å². The summed E-state index contributed by atoms with van der Waals surface area (Å²) in [5.41, 5.74) is 0.0749. The molecule has 4 rings (SSSR count). The van der Waals surface area contributed by atoms with Gasteiger partial charge in [-0.2, -0.15) is 13.2 Å². The molecule has 2 aromatic carbocycles. The van der Waals surface area contributed by atoms with Gasteiger partial charge in [0.2, 0.25) is 5.91 Å². The van der Waals surface area contributed by atoms with E-state index < -0.39 is 11.9 Å². The van der Waals surface area contributed by atoms with Gasteiger partial charge in [0.1, 0.15) is 11.5 Å². The highest BCUT2D eigenvalue weighted by Crippen LogP contribution is 2.35. The molecule has 0 unspecified atom stereocenters. The van der Waals surface area contributed by atoms with Gasteiger partial charge in [0.05, 0.1) is 5.52 Å². The molecular weight excluding hydrogens is 550 g/mol. The number of halogens is 6. The predicted molar refractivity (Wildman–Crippen MR) is 132 cm³/mol. The molecule has 4 nitrogen and oxygen atoms in total. The average molecular weight is 573 g/mol. The molecule has 0 aliphatic heterocycles. The first kappa shape index (κ1) is 25.7. The Kier molecular flexibility index (Phi) is 7.86. The van der Waals surface area contributed by atoms with Crippen molar-refractivity contribution in [2.75, 3.05) is 5.32 Å². The van der Waals surface area contributed by atoms with Crippen molar-refractivity contribution in [3.63, 3.8) is 0 Å². The fourth-order valence-electron chi connectivity index (χ4n) is 4.35. The third kappa shape index (κ3) is 6.64. The number of amides is 1. The van der Waals surface area contributed by atoms with E-state index in [2.05, 4.69) is 31.5 Å². The average Bonchev–Trinajstić information content (AvgIpc) is 2.80. The van der Waals surface area contributed by atoms with Gasteiger partial charge in [0, 0.05) is 39.1 Å². The highest BCUT2D eigenvalue weighted by molar-refractivity contribution is 9.10. The fraction of sp³-hybridized carbons (Fsp3) is 0.360. The smallest absolute Gasteiger partial charge is 0.382 e. The van der Waals surface area contributed by atoms with Crippen LogP contribution in [0.25, 0.3) is 10.9 Å². The van der Waals surface area contributed by atoms with Crippen molar-refractivity contribution < 1.29 is 22.4 Å². The SMILES string of the molecule is O=C(CCc1cc(Br)ccc1F)N[C@H]1CC[C@@H](Nc2cc(C(F)(F)F)nc3ccc(Cl)cc23)CC1. The van der Waals surface area contributed by atoms with Crippen molar-refractivity contribution in [2.45, 2.75) is 56.8 Å². The summed E-state index contributed by atoms with van der Waals surface area (Å²) in [7, 11) is 0. The molecule has 1 aliphatic carbocycles. The highest BCUT2D eigenvalue weighted by Gasteiger charge is 2.34. The normalized spacial score (nSPS) is 18.5. The molecule has 186 valence electrons. The molecule has 1 heterocycles. The third-order valence-electron chi connectivity index (χ3n) is 6.14. The van der Waals surface area contributed by atoms with E-state index in [-0.39, 0.29) is 35.7 Å². The van der Waals surface area contributed by atoms with Crippen LogP contribution in [0.15, 0.2) is 46.9 Å². The lowest BCUT2D eigenvalue weighted by Crippen LogP contribution is -2.40. The van der Waals surface area contributed by atoms with E-state index >= 15 is 0 Å². The van der Waals surface area contributed by atoms with Gasteiger partial charge >= 0.3 is 6.18 Å². The van der Waals surface area contributed by atoms with Crippen LogP contribution < -0.4 is 10.6 Å². The number of anilines is 1. The standard InChI is InChI=1S/C25H23BrClF4N3O/c26-15-2-8-20(28)14(11-15)1-10-24(35)33-18-6-4-17(5-7-18)32-22-13-23(25(29,30)31)34-21-9-3-16(27)12-19(21)22/h2-3,8-9,11-13,17-18H,1,4-7,10H2,(H,32,34)(H,33,35)/t17-,18+. The number of hydrogen-bond acceptors (Lipinski definition) is 3. The van der Waals surface area contributed by atoms with Gasteiger partial charge in [-0.1, -0.05) is 27.5 Å².